The molecule has 0 saturated heterocycles. The van der Waals surface area contributed by atoms with Gasteiger partial charge in [0.2, 0.25) is 0 Å². The van der Waals surface area contributed by atoms with Gasteiger partial charge in [-0.1, -0.05) is 6.07 Å². The van der Waals surface area contributed by atoms with Crippen molar-refractivity contribution in [1.82, 2.24) is 0 Å². The molecule has 0 heterocycles. The quantitative estimate of drug-likeness (QED) is 0.634. The van der Waals surface area contributed by atoms with Crippen molar-refractivity contribution >= 4 is 11.6 Å². The molecule has 0 aromatic heterocycles. The van der Waals surface area contributed by atoms with Crippen LogP contribution >= 0.6 is 0 Å². The van der Waals surface area contributed by atoms with Crippen LogP contribution < -0.4 is 20.5 Å². The molecule has 0 spiro atoms. The molecular formula is C17H20FN3O2. The molecule has 0 fully saturated rings. The van der Waals surface area contributed by atoms with Crippen LogP contribution in [0.3, 0.4) is 0 Å². The van der Waals surface area contributed by atoms with Crippen LogP contribution in [0.5, 0.6) is 11.5 Å². The minimum Gasteiger partial charge on any atom is -0.497 e. The fourth-order valence-corrected chi connectivity index (χ4v) is 1.95. The molecule has 0 atom stereocenters. The van der Waals surface area contributed by atoms with E-state index in [-0.39, 0.29) is 18.3 Å². The summed E-state index contributed by atoms with van der Waals surface area (Å²) in [4.78, 5) is 4.19. The summed E-state index contributed by atoms with van der Waals surface area (Å²) in [6.45, 7) is 2.51. The van der Waals surface area contributed by atoms with Crippen LogP contribution in [0, 0.1) is 5.82 Å². The molecule has 0 aliphatic rings. The molecule has 3 N–H and O–H groups in total. The minimum absolute atomic E-state index is 0.240. The average molecular weight is 317 g/mol. The average Bonchev–Trinajstić information content (AvgIpc) is 2.56. The molecule has 0 aliphatic heterocycles. The Bertz CT molecular complexity index is 672. The maximum atomic E-state index is 13.7. The molecule has 0 amide bonds. The maximum absolute atomic E-state index is 13.7. The molecule has 2 rings (SSSR count). The first-order valence-electron chi connectivity index (χ1n) is 7.24. The third-order valence-corrected chi connectivity index (χ3v) is 3.09. The van der Waals surface area contributed by atoms with Gasteiger partial charge in [-0.25, -0.2) is 9.38 Å². The minimum atomic E-state index is -0.402. The summed E-state index contributed by atoms with van der Waals surface area (Å²) in [5.74, 6) is 0.853. The second-order valence-electron chi connectivity index (χ2n) is 4.75. The maximum Gasteiger partial charge on any atom is 0.193 e. The molecule has 2 aromatic rings. The standard InChI is InChI=1S/C17H20FN3O2/c1-3-23-16-9-4-12(10-15(16)18)11-20-17(19)21-13-5-7-14(22-2)8-6-13/h4-10H,3,11H2,1-2H3,(H3,19,20,21). The SMILES string of the molecule is CCOc1ccc(CN=C(N)Nc2ccc(OC)cc2)cc1F. The van der Waals surface area contributed by atoms with Crippen LogP contribution in [-0.4, -0.2) is 19.7 Å². The highest BCUT2D eigenvalue weighted by Crippen LogP contribution is 2.19. The van der Waals surface area contributed by atoms with Gasteiger partial charge in [-0.05, 0) is 48.9 Å². The lowest BCUT2D eigenvalue weighted by atomic mass is 10.2. The van der Waals surface area contributed by atoms with Crippen molar-refractivity contribution in [3.63, 3.8) is 0 Å². The van der Waals surface area contributed by atoms with Gasteiger partial charge in [0.15, 0.2) is 17.5 Å². The van der Waals surface area contributed by atoms with Crippen molar-refractivity contribution in [2.45, 2.75) is 13.5 Å². The number of nitrogens with zero attached hydrogens (tertiary/aromatic N) is 1. The summed E-state index contributed by atoms with van der Waals surface area (Å²) in [5, 5.41) is 2.96. The summed E-state index contributed by atoms with van der Waals surface area (Å²) in [7, 11) is 1.61. The van der Waals surface area contributed by atoms with E-state index in [4.69, 9.17) is 15.2 Å². The number of rotatable bonds is 6. The molecule has 5 nitrogen and oxygen atoms in total. The van der Waals surface area contributed by atoms with Crippen molar-refractivity contribution in [3.8, 4) is 11.5 Å². The second-order valence-corrected chi connectivity index (χ2v) is 4.75. The smallest absolute Gasteiger partial charge is 0.193 e. The van der Waals surface area contributed by atoms with Crippen LogP contribution in [0.4, 0.5) is 10.1 Å². The number of aliphatic imine (C=N–C) groups is 1. The van der Waals surface area contributed by atoms with E-state index in [1.807, 2.05) is 31.2 Å². The van der Waals surface area contributed by atoms with E-state index in [1.54, 1.807) is 19.2 Å². The van der Waals surface area contributed by atoms with Gasteiger partial charge < -0.3 is 20.5 Å². The van der Waals surface area contributed by atoms with E-state index < -0.39 is 5.82 Å². The van der Waals surface area contributed by atoms with Crippen molar-refractivity contribution in [3.05, 3.63) is 53.8 Å². The largest absolute Gasteiger partial charge is 0.497 e. The number of hydrogen-bond acceptors (Lipinski definition) is 3. The first kappa shape index (κ1) is 16.6. The lowest BCUT2D eigenvalue weighted by molar-refractivity contribution is 0.321. The molecule has 0 unspecified atom stereocenters. The zero-order valence-corrected chi connectivity index (χ0v) is 13.2. The Morgan fingerprint density at radius 1 is 1.22 bits per heavy atom. The highest BCUT2D eigenvalue weighted by atomic mass is 19.1. The molecule has 0 aliphatic carbocycles. The number of nitrogens with two attached hydrogens (primary N) is 1. The van der Waals surface area contributed by atoms with Gasteiger partial charge >= 0.3 is 0 Å². The predicted molar refractivity (Wildman–Crippen MR) is 89.5 cm³/mol. The number of guanidine groups is 1. The van der Waals surface area contributed by atoms with E-state index >= 15 is 0 Å². The summed E-state index contributed by atoms with van der Waals surface area (Å²) < 4.78 is 24.0. The van der Waals surface area contributed by atoms with E-state index in [0.717, 1.165) is 11.4 Å². The summed E-state index contributed by atoms with van der Waals surface area (Å²) in [5.41, 5.74) is 7.34. The zero-order valence-electron chi connectivity index (χ0n) is 13.2. The Balaban J connectivity index is 1.97. The number of hydrogen-bond donors (Lipinski definition) is 2. The third kappa shape index (κ3) is 4.88. The molecule has 6 heteroatoms. The highest BCUT2D eigenvalue weighted by molar-refractivity contribution is 5.92. The monoisotopic (exact) mass is 317 g/mol. The lowest BCUT2D eigenvalue weighted by Crippen LogP contribution is -2.22. The number of ether oxygens (including phenoxy) is 2. The summed E-state index contributed by atoms with van der Waals surface area (Å²) in [6, 6.07) is 12.1. The fourth-order valence-electron chi connectivity index (χ4n) is 1.95. The molecule has 122 valence electrons. The van der Waals surface area contributed by atoms with Crippen LogP contribution in [-0.2, 0) is 6.54 Å². The molecule has 23 heavy (non-hydrogen) atoms. The third-order valence-electron chi connectivity index (χ3n) is 3.09. The molecular weight excluding hydrogens is 297 g/mol. The van der Waals surface area contributed by atoms with Crippen molar-refractivity contribution in [2.75, 3.05) is 19.0 Å². The van der Waals surface area contributed by atoms with E-state index in [0.29, 0.717) is 12.2 Å². The topological polar surface area (TPSA) is 68.9 Å². The first-order valence-corrected chi connectivity index (χ1v) is 7.24. The van der Waals surface area contributed by atoms with E-state index in [2.05, 4.69) is 10.3 Å². The number of nitrogens with one attached hydrogen (secondary N) is 1. The molecule has 0 bridgehead atoms. The van der Waals surface area contributed by atoms with Crippen molar-refractivity contribution in [2.24, 2.45) is 10.7 Å². The second kappa shape index (κ2) is 8.03. The van der Waals surface area contributed by atoms with Crippen molar-refractivity contribution < 1.29 is 13.9 Å². The van der Waals surface area contributed by atoms with Gasteiger partial charge in [0, 0.05) is 5.69 Å². The number of anilines is 1. The Hall–Kier alpha value is -2.76. The molecule has 2 aromatic carbocycles. The number of methoxy groups -OCH3 is 1. The highest BCUT2D eigenvalue weighted by Gasteiger charge is 2.04. The lowest BCUT2D eigenvalue weighted by Gasteiger charge is -2.08. The fraction of sp³-hybridized carbons (Fsp3) is 0.235. The van der Waals surface area contributed by atoms with Gasteiger partial charge in [0.05, 0.1) is 20.3 Å². The Kier molecular flexibility index (Phi) is 5.80. The Labute approximate surface area is 134 Å². The number of benzene rings is 2. The Morgan fingerprint density at radius 3 is 2.57 bits per heavy atom. The number of halogens is 1. The van der Waals surface area contributed by atoms with Gasteiger partial charge in [-0.15, -0.1) is 0 Å². The summed E-state index contributed by atoms with van der Waals surface area (Å²) in [6.07, 6.45) is 0. The van der Waals surface area contributed by atoms with Crippen LogP contribution in [0.25, 0.3) is 0 Å². The first-order chi connectivity index (χ1) is 11.1. The molecule has 0 radical (unpaired) electrons. The van der Waals surface area contributed by atoms with Crippen molar-refractivity contribution in [1.29, 1.82) is 0 Å². The van der Waals surface area contributed by atoms with Gasteiger partial charge in [-0.2, -0.15) is 0 Å². The van der Waals surface area contributed by atoms with E-state index in [9.17, 15) is 4.39 Å². The van der Waals surface area contributed by atoms with Gasteiger partial charge in [-0.3, -0.25) is 0 Å². The normalized spacial score (nSPS) is 11.2. The summed E-state index contributed by atoms with van der Waals surface area (Å²) >= 11 is 0. The van der Waals surface area contributed by atoms with Crippen LogP contribution in [0.1, 0.15) is 12.5 Å². The predicted octanol–water partition coefficient (Wildman–Crippen LogP) is 3.16. The van der Waals surface area contributed by atoms with Crippen LogP contribution in [0.15, 0.2) is 47.5 Å². The molecule has 0 saturated carbocycles. The van der Waals surface area contributed by atoms with E-state index in [1.165, 1.54) is 6.07 Å². The van der Waals surface area contributed by atoms with Gasteiger partial charge in [0.25, 0.3) is 0 Å². The van der Waals surface area contributed by atoms with Crippen LogP contribution in [0.2, 0.25) is 0 Å². The Morgan fingerprint density at radius 2 is 1.96 bits per heavy atom. The zero-order chi connectivity index (χ0) is 16.7. The van der Waals surface area contributed by atoms with Gasteiger partial charge in [0.1, 0.15) is 5.75 Å².